The minimum atomic E-state index is -1.18. The van der Waals surface area contributed by atoms with E-state index >= 15 is 0 Å². The predicted molar refractivity (Wildman–Crippen MR) is 63.0 cm³/mol. The van der Waals surface area contributed by atoms with Crippen LogP contribution >= 0.6 is 0 Å². The lowest BCUT2D eigenvalue weighted by molar-refractivity contribution is -0.0338. The number of hydrogen-bond acceptors (Lipinski definition) is 2. The molecule has 1 aliphatic rings. The lowest BCUT2D eigenvalue weighted by Gasteiger charge is -2.33. The van der Waals surface area contributed by atoms with Crippen LogP contribution < -0.4 is 5.32 Å². The molecule has 2 rings (SSSR count). The van der Waals surface area contributed by atoms with Crippen LogP contribution in [0.5, 0.6) is 0 Å². The minimum Gasteiger partial charge on any atom is -0.380 e. The third kappa shape index (κ3) is 2.96. The molecule has 0 radical (unpaired) electrons. The van der Waals surface area contributed by atoms with Crippen LogP contribution in [0, 0.1) is 17.5 Å². The molecule has 0 aromatic heterocycles. The molecule has 5 heteroatoms. The van der Waals surface area contributed by atoms with Gasteiger partial charge in [-0.15, -0.1) is 0 Å². The lowest BCUT2D eigenvalue weighted by atomic mass is 9.99. The Morgan fingerprint density at radius 3 is 2.33 bits per heavy atom. The van der Waals surface area contributed by atoms with Gasteiger partial charge in [0.1, 0.15) is 5.82 Å². The molecular formula is C13H16F3NO. The average molecular weight is 259 g/mol. The molecular weight excluding hydrogens is 243 g/mol. The van der Waals surface area contributed by atoms with E-state index in [1.165, 1.54) is 0 Å². The molecule has 1 saturated heterocycles. The Morgan fingerprint density at radius 1 is 1.11 bits per heavy atom. The maximum absolute atomic E-state index is 13.5. The first-order valence-electron chi connectivity index (χ1n) is 6.02. The zero-order chi connectivity index (χ0) is 13.3. The first-order chi connectivity index (χ1) is 8.45. The monoisotopic (exact) mass is 259 g/mol. The SMILES string of the molecule is CC1CC(Nc2cc(F)cc(F)c2F)CC(C)O1. The fraction of sp³-hybridized carbons (Fsp3) is 0.538. The van der Waals surface area contributed by atoms with Crippen molar-refractivity contribution in [2.24, 2.45) is 0 Å². The standard InChI is InChI=1S/C13H16F3NO/c1-7-3-10(4-8(2)18-7)17-12-6-9(14)5-11(15)13(12)16/h5-8,10,17H,3-4H2,1-2H3. The first-order valence-corrected chi connectivity index (χ1v) is 6.02. The molecule has 0 amide bonds. The Bertz CT molecular complexity index is 428. The molecule has 1 aromatic rings. The van der Waals surface area contributed by atoms with Gasteiger partial charge in [0, 0.05) is 18.2 Å². The van der Waals surface area contributed by atoms with Gasteiger partial charge in [0.25, 0.3) is 0 Å². The van der Waals surface area contributed by atoms with Crippen molar-refractivity contribution in [2.45, 2.75) is 44.9 Å². The number of nitrogens with one attached hydrogen (secondary N) is 1. The highest BCUT2D eigenvalue weighted by Gasteiger charge is 2.25. The summed E-state index contributed by atoms with van der Waals surface area (Å²) in [7, 11) is 0. The molecule has 2 nitrogen and oxygen atoms in total. The predicted octanol–water partition coefficient (Wildman–Crippen LogP) is 3.47. The minimum absolute atomic E-state index is 0.0422. The van der Waals surface area contributed by atoms with Gasteiger partial charge in [0.05, 0.1) is 17.9 Å². The van der Waals surface area contributed by atoms with Gasteiger partial charge < -0.3 is 10.1 Å². The van der Waals surface area contributed by atoms with Crippen LogP contribution in [0.25, 0.3) is 0 Å². The van der Waals surface area contributed by atoms with Crippen molar-refractivity contribution in [1.82, 2.24) is 0 Å². The smallest absolute Gasteiger partial charge is 0.182 e. The zero-order valence-corrected chi connectivity index (χ0v) is 10.3. The number of halogens is 3. The molecule has 1 aromatic carbocycles. The number of anilines is 1. The van der Waals surface area contributed by atoms with Crippen molar-refractivity contribution in [3.8, 4) is 0 Å². The van der Waals surface area contributed by atoms with Crippen molar-refractivity contribution in [2.75, 3.05) is 5.32 Å². The topological polar surface area (TPSA) is 21.3 Å². The molecule has 0 bridgehead atoms. The fourth-order valence-electron chi connectivity index (χ4n) is 2.40. The number of hydrogen-bond donors (Lipinski definition) is 1. The van der Waals surface area contributed by atoms with Crippen LogP contribution in [0.15, 0.2) is 12.1 Å². The maximum Gasteiger partial charge on any atom is 0.182 e. The highest BCUT2D eigenvalue weighted by Crippen LogP contribution is 2.25. The molecule has 0 saturated carbocycles. The summed E-state index contributed by atoms with van der Waals surface area (Å²) in [6.07, 6.45) is 1.46. The fourth-order valence-corrected chi connectivity index (χ4v) is 2.40. The number of ether oxygens (including phenoxy) is 1. The van der Waals surface area contributed by atoms with Gasteiger partial charge in [-0.05, 0) is 26.7 Å². The Balaban J connectivity index is 2.14. The Morgan fingerprint density at radius 2 is 1.72 bits per heavy atom. The van der Waals surface area contributed by atoms with Gasteiger partial charge in [0.15, 0.2) is 11.6 Å². The zero-order valence-electron chi connectivity index (χ0n) is 10.3. The summed E-state index contributed by atoms with van der Waals surface area (Å²) in [6.45, 7) is 3.85. The van der Waals surface area contributed by atoms with Crippen LogP contribution in [0.3, 0.4) is 0 Å². The van der Waals surface area contributed by atoms with E-state index in [9.17, 15) is 13.2 Å². The molecule has 2 unspecified atom stereocenters. The summed E-state index contributed by atoms with van der Waals surface area (Å²) in [5.74, 6) is -3.00. The van der Waals surface area contributed by atoms with Crippen LogP contribution in [0.2, 0.25) is 0 Å². The van der Waals surface area contributed by atoms with Crippen LogP contribution in [-0.2, 0) is 4.74 Å². The summed E-state index contributed by atoms with van der Waals surface area (Å²) in [4.78, 5) is 0. The quantitative estimate of drug-likeness (QED) is 0.821. The van der Waals surface area contributed by atoms with E-state index in [2.05, 4.69) is 5.32 Å². The van der Waals surface area contributed by atoms with Crippen molar-refractivity contribution in [3.63, 3.8) is 0 Å². The van der Waals surface area contributed by atoms with Crippen LogP contribution in [0.4, 0.5) is 18.9 Å². The second-order valence-corrected chi connectivity index (χ2v) is 4.82. The number of rotatable bonds is 2. The third-order valence-electron chi connectivity index (χ3n) is 3.05. The Hall–Kier alpha value is -1.23. The molecule has 1 N–H and O–H groups in total. The van der Waals surface area contributed by atoms with Gasteiger partial charge >= 0.3 is 0 Å². The summed E-state index contributed by atoms with van der Waals surface area (Å²) >= 11 is 0. The van der Waals surface area contributed by atoms with E-state index in [1.54, 1.807) is 0 Å². The second-order valence-electron chi connectivity index (χ2n) is 4.82. The van der Waals surface area contributed by atoms with Gasteiger partial charge in [-0.3, -0.25) is 0 Å². The van der Waals surface area contributed by atoms with Gasteiger partial charge in [0.2, 0.25) is 0 Å². The summed E-state index contributed by atoms with van der Waals surface area (Å²) in [5.41, 5.74) is -0.126. The summed E-state index contributed by atoms with van der Waals surface area (Å²) in [5, 5.41) is 2.86. The van der Waals surface area contributed by atoms with Crippen molar-refractivity contribution < 1.29 is 17.9 Å². The van der Waals surface area contributed by atoms with Gasteiger partial charge in [-0.1, -0.05) is 0 Å². The average Bonchev–Trinajstić information content (AvgIpc) is 2.23. The molecule has 2 atom stereocenters. The molecule has 1 fully saturated rings. The Kier molecular flexibility index (Phi) is 3.80. The van der Waals surface area contributed by atoms with Crippen LogP contribution in [-0.4, -0.2) is 18.2 Å². The van der Waals surface area contributed by atoms with E-state index in [0.29, 0.717) is 18.9 Å². The van der Waals surface area contributed by atoms with E-state index in [4.69, 9.17) is 4.74 Å². The van der Waals surface area contributed by atoms with Gasteiger partial charge in [-0.25, -0.2) is 13.2 Å². The van der Waals surface area contributed by atoms with E-state index < -0.39 is 17.5 Å². The van der Waals surface area contributed by atoms with Crippen molar-refractivity contribution in [1.29, 1.82) is 0 Å². The molecule has 0 aliphatic carbocycles. The normalized spacial score (nSPS) is 28.2. The molecule has 100 valence electrons. The maximum atomic E-state index is 13.5. The highest BCUT2D eigenvalue weighted by atomic mass is 19.2. The van der Waals surface area contributed by atoms with E-state index in [0.717, 1.165) is 6.07 Å². The third-order valence-corrected chi connectivity index (χ3v) is 3.05. The molecule has 0 spiro atoms. The van der Waals surface area contributed by atoms with E-state index in [-0.39, 0.29) is 23.9 Å². The highest BCUT2D eigenvalue weighted by molar-refractivity contribution is 5.46. The Labute approximate surface area is 104 Å². The van der Waals surface area contributed by atoms with E-state index in [1.807, 2.05) is 13.8 Å². The van der Waals surface area contributed by atoms with Crippen LogP contribution in [0.1, 0.15) is 26.7 Å². The largest absolute Gasteiger partial charge is 0.380 e. The summed E-state index contributed by atoms with van der Waals surface area (Å²) < 4.78 is 45.2. The molecule has 1 heterocycles. The van der Waals surface area contributed by atoms with Crippen molar-refractivity contribution in [3.05, 3.63) is 29.6 Å². The molecule has 18 heavy (non-hydrogen) atoms. The second kappa shape index (κ2) is 5.18. The lowest BCUT2D eigenvalue weighted by Crippen LogP contribution is -2.37. The van der Waals surface area contributed by atoms with Gasteiger partial charge in [-0.2, -0.15) is 0 Å². The number of benzene rings is 1. The summed E-state index contributed by atoms with van der Waals surface area (Å²) in [6, 6.07) is 1.47. The van der Waals surface area contributed by atoms with Crippen molar-refractivity contribution >= 4 is 5.69 Å². The first kappa shape index (κ1) is 13.2. The molecule has 1 aliphatic heterocycles.